The summed E-state index contributed by atoms with van der Waals surface area (Å²) in [7, 11) is 0. The van der Waals surface area contributed by atoms with Gasteiger partial charge in [-0.1, -0.05) is 13.8 Å². The highest BCUT2D eigenvalue weighted by Gasteiger charge is 2.13. The van der Waals surface area contributed by atoms with Gasteiger partial charge in [-0.25, -0.2) is 4.98 Å². The van der Waals surface area contributed by atoms with E-state index < -0.39 is 5.91 Å². The normalized spacial score (nSPS) is 10.7. The predicted octanol–water partition coefficient (Wildman–Crippen LogP) is 2.38. The summed E-state index contributed by atoms with van der Waals surface area (Å²) in [6, 6.07) is 6.52. The Balaban J connectivity index is 2.32. The zero-order valence-electron chi connectivity index (χ0n) is 12.3. The summed E-state index contributed by atoms with van der Waals surface area (Å²) in [6.07, 6.45) is 0. The summed E-state index contributed by atoms with van der Waals surface area (Å²) < 4.78 is 5.73. The Morgan fingerprint density at radius 3 is 2.33 bits per heavy atom. The smallest absolute Gasteiger partial charge is 0.248 e. The first-order chi connectivity index (χ1) is 9.88. The monoisotopic (exact) mass is 286 g/mol. The molecule has 21 heavy (non-hydrogen) atoms. The maximum Gasteiger partial charge on any atom is 0.248 e. The highest BCUT2D eigenvalue weighted by atomic mass is 16.5. The van der Waals surface area contributed by atoms with Crippen molar-refractivity contribution in [2.75, 3.05) is 5.73 Å². The van der Waals surface area contributed by atoms with Crippen LogP contribution < -0.4 is 16.2 Å². The summed E-state index contributed by atoms with van der Waals surface area (Å²) in [6.45, 7) is 5.76. The number of primary amides is 1. The number of ether oxygens (including phenoxy) is 1. The van der Waals surface area contributed by atoms with Gasteiger partial charge < -0.3 is 16.2 Å². The van der Waals surface area contributed by atoms with Gasteiger partial charge in [-0.2, -0.15) is 4.98 Å². The number of rotatable bonds is 4. The molecule has 2 rings (SSSR count). The van der Waals surface area contributed by atoms with Crippen molar-refractivity contribution in [1.29, 1.82) is 0 Å². The summed E-state index contributed by atoms with van der Waals surface area (Å²) in [5.74, 6) is 1.66. The minimum atomic E-state index is -0.480. The molecule has 0 atom stereocenters. The van der Waals surface area contributed by atoms with Crippen LogP contribution in [0.3, 0.4) is 0 Å². The third kappa shape index (κ3) is 3.28. The van der Waals surface area contributed by atoms with Crippen LogP contribution in [-0.4, -0.2) is 15.9 Å². The van der Waals surface area contributed by atoms with E-state index in [1.807, 2.05) is 13.8 Å². The van der Waals surface area contributed by atoms with Crippen LogP contribution in [0.5, 0.6) is 11.6 Å². The fourth-order valence-corrected chi connectivity index (χ4v) is 1.69. The highest BCUT2D eigenvalue weighted by molar-refractivity contribution is 5.92. The molecule has 0 saturated carbocycles. The second-order valence-corrected chi connectivity index (χ2v) is 5.04. The molecule has 110 valence electrons. The topological polar surface area (TPSA) is 104 Å². The first-order valence-corrected chi connectivity index (χ1v) is 6.60. The standard InChI is InChI=1S/C15H18N4O2/c1-8(2)14-18-12(16)9(3)15(19-14)21-11-6-4-10(5-7-11)13(17)20/h4-8H,1-3H3,(H2,17,20)(H2,16,18,19). The third-order valence-corrected chi connectivity index (χ3v) is 3.03. The molecule has 0 unspecified atom stereocenters. The first-order valence-electron chi connectivity index (χ1n) is 6.60. The number of carbonyl (C=O) groups is 1. The molecule has 0 aliphatic rings. The van der Waals surface area contributed by atoms with Gasteiger partial charge in [0.05, 0.1) is 5.56 Å². The summed E-state index contributed by atoms with van der Waals surface area (Å²) in [4.78, 5) is 19.7. The van der Waals surface area contributed by atoms with Crippen molar-refractivity contribution in [2.24, 2.45) is 5.73 Å². The molecule has 6 nitrogen and oxygen atoms in total. The van der Waals surface area contributed by atoms with Crippen molar-refractivity contribution in [3.05, 3.63) is 41.2 Å². The number of carbonyl (C=O) groups excluding carboxylic acids is 1. The average molecular weight is 286 g/mol. The number of aromatic nitrogens is 2. The zero-order chi connectivity index (χ0) is 15.6. The number of amides is 1. The van der Waals surface area contributed by atoms with Gasteiger partial charge >= 0.3 is 0 Å². The van der Waals surface area contributed by atoms with E-state index in [9.17, 15) is 4.79 Å². The van der Waals surface area contributed by atoms with E-state index in [1.165, 1.54) is 0 Å². The number of nitrogen functional groups attached to an aromatic ring is 1. The Morgan fingerprint density at radius 2 is 1.81 bits per heavy atom. The number of benzene rings is 1. The second kappa shape index (κ2) is 5.78. The molecule has 0 radical (unpaired) electrons. The Bertz CT molecular complexity index is 666. The Kier molecular flexibility index (Phi) is 4.07. The van der Waals surface area contributed by atoms with Gasteiger partial charge in [0.25, 0.3) is 0 Å². The minimum Gasteiger partial charge on any atom is -0.439 e. The first kappa shape index (κ1) is 14.8. The van der Waals surface area contributed by atoms with Crippen molar-refractivity contribution in [2.45, 2.75) is 26.7 Å². The van der Waals surface area contributed by atoms with Crippen LogP contribution in [0.4, 0.5) is 5.82 Å². The van der Waals surface area contributed by atoms with Crippen molar-refractivity contribution >= 4 is 11.7 Å². The highest BCUT2D eigenvalue weighted by Crippen LogP contribution is 2.27. The van der Waals surface area contributed by atoms with E-state index in [0.29, 0.717) is 34.4 Å². The van der Waals surface area contributed by atoms with Crippen molar-refractivity contribution < 1.29 is 9.53 Å². The molecule has 0 bridgehead atoms. The van der Waals surface area contributed by atoms with E-state index in [2.05, 4.69) is 9.97 Å². The summed E-state index contributed by atoms with van der Waals surface area (Å²) in [5, 5.41) is 0. The van der Waals surface area contributed by atoms with Crippen molar-refractivity contribution in [3.8, 4) is 11.6 Å². The van der Waals surface area contributed by atoms with Crippen LogP contribution in [-0.2, 0) is 0 Å². The summed E-state index contributed by atoms with van der Waals surface area (Å²) >= 11 is 0. The number of hydrogen-bond acceptors (Lipinski definition) is 5. The van der Waals surface area contributed by atoms with E-state index in [0.717, 1.165) is 0 Å². The molecule has 1 aromatic carbocycles. The van der Waals surface area contributed by atoms with Gasteiger partial charge in [-0.05, 0) is 31.2 Å². The molecule has 1 heterocycles. The van der Waals surface area contributed by atoms with Crippen LogP contribution in [0, 0.1) is 6.92 Å². The van der Waals surface area contributed by atoms with Crippen molar-refractivity contribution in [3.63, 3.8) is 0 Å². The molecule has 0 spiro atoms. The lowest BCUT2D eigenvalue weighted by Gasteiger charge is -2.12. The SMILES string of the molecule is Cc1c(N)nc(C(C)C)nc1Oc1ccc(C(N)=O)cc1. The van der Waals surface area contributed by atoms with E-state index in [1.54, 1.807) is 31.2 Å². The van der Waals surface area contributed by atoms with Crippen LogP contribution in [0.1, 0.15) is 41.5 Å². The Labute approximate surface area is 123 Å². The zero-order valence-corrected chi connectivity index (χ0v) is 12.3. The Morgan fingerprint density at radius 1 is 1.19 bits per heavy atom. The Hall–Kier alpha value is -2.63. The van der Waals surface area contributed by atoms with E-state index >= 15 is 0 Å². The number of anilines is 1. The van der Waals surface area contributed by atoms with Gasteiger partial charge in [-0.3, -0.25) is 4.79 Å². The molecular formula is C15H18N4O2. The van der Waals surface area contributed by atoms with Crippen LogP contribution >= 0.6 is 0 Å². The molecule has 0 saturated heterocycles. The van der Waals surface area contributed by atoms with Crippen LogP contribution in [0.25, 0.3) is 0 Å². The van der Waals surface area contributed by atoms with Gasteiger partial charge in [0.15, 0.2) is 0 Å². The molecule has 6 heteroatoms. The van der Waals surface area contributed by atoms with Gasteiger partial charge in [-0.15, -0.1) is 0 Å². The van der Waals surface area contributed by atoms with E-state index in [4.69, 9.17) is 16.2 Å². The average Bonchev–Trinajstić information content (AvgIpc) is 2.44. The van der Waals surface area contributed by atoms with Crippen LogP contribution in [0.15, 0.2) is 24.3 Å². The van der Waals surface area contributed by atoms with Gasteiger partial charge in [0.2, 0.25) is 11.8 Å². The van der Waals surface area contributed by atoms with Gasteiger partial charge in [0, 0.05) is 11.5 Å². The molecule has 2 aromatic rings. The number of hydrogen-bond donors (Lipinski definition) is 2. The summed E-state index contributed by atoms with van der Waals surface area (Å²) in [5.41, 5.74) is 12.2. The quantitative estimate of drug-likeness (QED) is 0.897. The largest absolute Gasteiger partial charge is 0.439 e. The second-order valence-electron chi connectivity index (χ2n) is 5.04. The molecule has 0 aliphatic carbocycles. The molecule has 4 N–H and O–H groups in total. The molecule has 1 aromatic heterocycles. The molecule has 0 fully saturated rings. The minimum absolute atomic E-state index is 0.146. The molecule has 0 aliphatic heterocycles. The fraction of sp³-hybridized carbons (Fsp3) is 0.267. The maximum atomic E-state index is 11.0. The van der Waals surface area contributed by atoms with Gasteiger partial charge in [0.1, 0.15) is 17.4 Å². The molecular weight excluding hydrogens is 268 g/mol. The van der Waals surface area contributed by atoms with E-state index in [-0.39, 0.29) is 5.92 Å². The number of nitrogens with zero attached hydrogens (tertiary/aromatic N) is 2. The fourth-order valence-electron chi connectivity index (χ4n) is 1.69. The lowest BCUT2D eigenvalue weighted by atomic mass is 10.2. The number of nitrogens with two attached hydrogens (primary N) is 2. The third-order valence-electron chi connectivity index (χ3n) is 3.03. The predicted molar refractivity (Wildman–Crippen MR) is 80.3 cm³/mol. The maximum absolute atomic E-state index is 11.0. The lowest BCUT2D eigenvalue weighted by molar-refractivity contribution is 0.100. The van der Waals surface area contributed by atoms with Crippen LogP contribution in [0.2, 0.25) is 0 Å². The lowest BCUT2D eigenvalue weighted by Crippen LogP contribution is -2.10. The molecule has 1 amide bonds. The van der Waals surface area contributed by atoms with Crippen molar-refractivity contribution in [1.82, 2.24) is 9.97 Å².